The molecule has 7 heteroatoms. The number of amides is 2. The number of carbonyl (C=O) groups excluding carboxylic acids is 2. The topological polar surface area (TPSA) is 67.7 Å². The molecular weight excluding hydrogens is 272 g/mol. The van der Waals surface area contributed by atoms with Gasteiger partial charge in [0.05, 0.1) is 12.9 Å². The second kappa shape index (κ2) is 5.38. The van der Waals surface area contributed by atoms with Gasteiger partial charge in [-0.15, -0.1) is 0 Å². The first kappa shape index (κ1) is 13.9. The molecule has 0 radical (unpaired) electrons. The SMILES string of the molecule is CN1C[C@]2(CCCN(C(=O)Cn3ccnc3)CC2)OC1=O. The maximum Gasteiger partial charge on any atom is 0.410 e. The quantitative estimate of drug-likeness (QED) is 0.805. The molecule has 0 N–H and O–H groups in total. The molecule has 1 atom stereocenters. The van der Waals surface area contributed by atoms with Crippen LogP contribution < -0.4 is 0 Å². The first-order valence-electron chi connectivity index (χ1n) is 7.26. The standard InChI is InChI=1S/C14H20N4O3/c1-16-10-14(21-13(16)20)3-2-6-18(7-4-14)12(19)9-17-8-5-15-11-17/h5,8,11H,2-4,6-7,9-10H2,1H3/t14-/m1/s1. The third-order valence-corrected chi connectivity index (χ3v) is 4.27. The molecule has 3 rings (SSSR count). The number of carbonyl (C=O) groups is 2. The van der Waals surface area contributed by atoms with Crippen LogP contribution in [0.1, 0.15) is 19.3 Å². The predicted octanol–water partition coefficient (Wildman–Crippen LogP) is 0.716. The van der Waals surface area contributed by atoms with E-state index in [-0.39, 0.29) is 12.0 Å². The molecule has 2 aliphatic heterocycles. The summed E-state index contributed by atoms with van der Waals surface area (Å²) in [7, 11) is 1.75. The Hall–Kier alpha value is -2.05. The molecule has 0 aliphatic carbocycles. The summed E-state index contributed by atoms with van der Waals surface area (Å²) in [6, 6.07) is 0. The molecule has 114 valence electrons. The summed E-state index contributed by atoms with van der Waals surface area (Å²) >= 11 is 0. The van der Waals surface area contributed by atoms with Crippen molar-refractivity contribution in [1.82, 2.24) is 19.4 Å². The Labute approximate surface area is 123 Å². The minimum atomic E-state index is -0.407. The van der Waals surface area contributed by atoms with Crippen molar-refractivity contribution in [3.63, 3.8) is 0 Å². The second-order valence-electron chi connectivity index (χ2n) is 5.88. The van der Waals surface area contributed by atoms with Crippen LogP contribution in [0.5, 0.6) is 0 Å². The van der Waals surface area contributed by atoms with Crippen molar-refractivity contribution in [2.75, 3.05) is 26.7 Å². The van der Waals surface area contributed by atoms with Gasteiger partial charge < -0.3 is 19.1 Å². The molecule has 21 heavy (non-hydrogen) atoms. The molecule has 2 fully saturated rings. The highest BCUT2D eigenvalue weighted by atomic mass is 16.6. The lowest BCUT2D eigenvalue weighted by Gasteiger charge is -2.25. The van der Waals surface area contributed by atoms with E-state index in [4.69, 9.17) is 4.74 Å². The Morgan fingerprint density at radius 1 is 1.43 bits per heavy atom. The third-order valence-electron chi connectivity index (χ3n) is 4.27. The fourth-order valence-corrected chi connectivity index (χ4v) is 3.11. The number of likely N-dealkylation sites (N-methyl/N-ethyl adjacent to an activating group) is 1. The van der Waals surface area contributed by atoms with Crippen LogP contribution in [0.15, 0.2) is 18.7 Å². The summed E-state index contributed by atoms with van der Waals surface area (Å²) in [5.74, 6) is 0.0859. The van der Waals surface area contributed by atoms with Crippen LogP contribution in [0.3, 0.4) is 0 Å². The van der Waals surface area contributed by atoms with Crippen LogP contribution in [0, 0.1) is 0 Å². The summed E-state index contributed by atoms with van der Waals surface area (Å²) in [5.41, 5.74) is -0.407. The molecular formula is C14H20N4O3. The smallest absolute Gasteiger partial charge is 0.410 e. The van der Waals surface area contributed by atoms with E-state index in [1.807, 2.05) is 4.90 Å². The van der Waals surface area contributed by atoms with E-state index in [9.17, 15) is 9.59 Å². The minimum absolute atomic E-state index is 0.0859. The minimum Gasteiger partial charge on any atom is -0.441 e. The summed E-state index contributed by atoms with van der Waals surface area (Å²) < 4.78 is 7.32. The maximum atomic E-state index is 12.3. The van der Waals surface area contributed by atoms with Gasteiger partial charge in [-0.25, -0.2) is 9.78 Å². The lowest BCUT2D eigenvalue weighted by molar-refractivity contribution is -0.131. The Balaban J connectivity index is 1.61. The molecule has 1 aromatic heterocycles. The van der Waals surface area contributed by atoms with Crippen molar-refractivity contribution in [2.45, 2.75) is 31.4 Å². The highest BCUT2D eigenvalue weighted by Gasteiger charge is 2.44. The van der Waals surface area contributed by atoms with E-state index in [0.717, 1.165) is 19.4 Å². The van der Waals surface area contributed by atoms with Gasteiger partial charge >= 0.3 is 6.09 Å². The number of nitrogens with zero attached hydrogens (tertiary/aromatic N) is 4. The van der Waals surface area contributed by atoms with Gasteiger partial charge in [0.25, 0.3) is 0 Å². The van der Waals surface area contributed by atoms with Gasteiger partial charge in [0, 0.05) is 39.0 Å². The van der Waals surface area contributed by atoms with Gasteiger partial charge in [-0.2, -0.15) is 0 Å². The Bertz CT molecular complexity index is 530. The van der Waals surface area contributed by atoms with Crippen molar-refractivity contribution >= 4 is 12.0 Å². The summed E-state index contributed by atoms with van der Waals surface area (Å²) in [4.78, 5) is 31.3. The Morgan fingerprint density at radius 3 is 2.95 bits per heavy atom. The van der Waals surface area contributed by atoms with Crippen LogP contribution in [-0.4, -0.2) is 63.6 Å². The normalized spacial score (nSPS) is 26.0. The number of hydrogen-bond acceptors (Lipinski definition) is 4. The van der Waals surface area contributed by atoms with Crippen LogP contribution >= 0.6 is 0 Å². The zero-order valence-electron chi connectivity index (χ0n) is 12.2. The molecule has 0 saturated carbocycles. The van der Waals surface area contributed by atoms with E-state index >= 15 is 0 Å². The van der Waals surface area contributed by atoms with E-state index in [1.54, 1.807) is 35.2 Å². The zero-order valence-corrected chi connectivity index (χ0v) is 12.2. The fraction of sp³-hybridized carbons (Fsp3) is 0.643. The largest absolute Gasteiger partial charge is 0.441 e. The van der Waals surface area contributed by atoms with Gasteiger partial charge in [0.2, 0.25) is 5.91 Å². The number of hydrogen-bond donors (Lipinski definition) is 0. The average Bonchev–Trinajstić information content (AvgIpc) is 2.97. The van der Waals surface area contributed by atoms with Gasteiger partial charge in [-0.05, 0) is 12.8 Å². The highest BCUT2D eigenvalue weighted by molar-refractivity contribution is 5.76. The summed E-state index contributed by atoms with van der Waals surface area (Å²) in [5, 5.41) is 0. The molecule has 3 heterocycles. The molecule has 0 aromatic carbocycles. The van der Waals surface area contributed by atoms with Gasteiger partial charge in [-0.1, -0.05) is 0 Å². The number of rotatable bonds is 2. The van der Waals surface area contributed by atoms with Gasteiger partial charge in [0.1, 0.15) is 12.1 Å². The molecule has 2 saturated heterocycles. The number of ether oxygens (including phenoxy) is 1. The van der Waals surface area contributed by atoms with Crippen molar-refractivity contribution in [3.05, 3.63) is 18.7 Å². The van der Waals surface area contributed by atoms with Gasteiger partial charge in [-0.3, -0.25) is 4.79 Å². The molecule has 1 spiro atoms. The zero-order chi connectivity index (χ0) is 14.9. The van der Waals surface area contributed by atoms with Crippen LogP contribution in [0.4, 0.5) is 4.79 Å². The lowest BCUT2D eigenvalue weighted by atomic mass is 9.95. The predicted molar refractivity (Wildman–Crippen MR) is 74.5 cm³/mol. The van der Waals surface area contributed by atoms with Crippen LogP contribution in [0.2, 0.25) is 0 Å². The van der Waals surface area contributed by atoms with E-state index in [0.29, 0.717) is 26.1 Å². The second-order valence-corrected chi connectivity index (χ2v) is 5.88. The molecule has 0 unspecified atom stereocenters. The van der Waals surface area contributed by atoms with E-state index in [2.05, 4.69) is 4.98 Å². The molecule has 2 aliphatic rings. The highest BCUT2D eigenvalue weighted by Crippen LogP contribution is 2.32. The molecule has 0 bridgehead atoms. The first-order chi connectivity index (χ1) is 10.1. The average molecular weight is 292 g/mol. The fourth-order valence-electron chi connectivity index (χ4n) is 3.11. The summed E-state index contributed by atoms with van der Waals surface area (Å²) in [6.45, 7) is 2.28. The first-order valence-corrected chi connectivity index (χ1v) is 7.26. The summed E-state index contributed by atoms with van der Waals surface area (Å²) in [6.07, 6.45) is 7.22. The van der Waals surface area contributed by atoms with E-state index in [1.165, 1.54) is 0 Å². The van der Waals surface area contributed by atoms with Crippen molar-refractivity contribution in [2.24, 2.45) is 0 Å². The number of likely N-dealkylation sites (tertiary alicyclic amines) is 1. The monoisotopic (exact) mass is 292 g/mol. The molecule has 7 nitrogen and oxygen atoms in total. The third kappa shape index (κ3) is 2.86. The molecule has 2 amide bonds. The Morgan fingerprint density at radius 2 is 2.29 bits per heavy atom. The van der Waals surface area contributed by atoms with Crippen molar-refractivity contribution < 1.29 is 14.3 Å². The van der Waals surface area contributed by atoms with Crippen LogP contribution in [-0.2, 0) is 16.1 Å². The Kier molecular flexibility index (Phi) is 3.57. The van der Waals surface area contributed by atoms with Gasteiger partial charge in [0.15, 0.2) is 0 Å². The maximum absolute atomic E-state index is 12.3. The van der Waals surface area contributed by atoms with Crippen molar-refractivity contribution in [3.8, 4) is 0 Å². The molecule has 1 aromatic rings. The number of aromatic nitrogens is 2. The van der Waals surface area contributed by atoms with Crippen molar-refractivity contribution in [1.29, 1.82) is 0 Å². The lowest BCUT2D eigenvalue weighted by Crippen LogP contribution is -2.37. The van der Waals surface area contributed by atoms with Crippen LogP contribution in [0.25, 0.3) is 0 Å². The number of imidazole rings is 1. The van der Waals surface area contributed by atoms with E-state index < -0.39 is 5.60 Å².